The summed E-state index contributed by atoms with van der Waals surface area (Å²) in [7, 11) is 0. The third-order valence-electron chi connectivity index (χ3n) is 2.45. The molecule has 0 aromatic carbocycles. The number of amides is 1. The fourth-order valence-corrected chi connectivity index (χ4v) is 1.65. The number of rotatable bonds is 2. The summed E-state index contributed by atoms with van der Waals surface area (Å²) in [4.78, 5) is 15.6. The van der Waals surface area contributed by atoms with Crippen LogP contribution in [0.1, 0.15) is 31.5 Å². The smallest absolute Gasteiger partial charge is 0.220 e. The van der Waals surface area contributed by atoms with Gasteiger partial charge < -0.3 is 10.1 Å². The van der Waals surface area contributed by atoms with Crippen LogP contribution in [0.25, 0.3) is 0 Å². The van der Waals surface area contributed by atoms with Gasteiger partial charge in [-0.25, -0.2) is 0 Å². The topological polar surface area (TPSA) is 51.2 Å². The average Bonchev–Trinajstić information content (AvgIpc) is 2.29. The first kappa shape index (κ1) is 9.96. The van der Waals surface area contributed by atoms with Crippen molar-refractivity contribution >= 4 is 5.91 Å². The first-order chi connectivity index (χ1) is 7.31. The number of pyridine rings is 1. The number of carbonyl (C=O) groups is 1. The second-order valence-corrected chi connectivity index (χ2v) is 3.50. The van der Waals surface area contributed by atoms with Crippen LogP contribution < -0.4 is 10.1 Å². The molecular formula is C11H14N2O2. The predicted molar refractivity (Wildman–Crippen MR) is 55.5 cm³/mol. The maximum atomic E-state index is 11.3. The minimum Gasteiger partial charge on any atom is -0.491 e. The first-order valence-electron chi connectivity index (χ1n) is 5.18. The van der Waals surface area contributed by atoms with Crippen molar-refractivity contribution in [1.82, 2.24) is 10.3 Å². The Labute approximate surface area is 88.7 Å². The van der Waals surface area contributed by atoms with Gasteiger partial charge in [0.1, 0.15) is 11.4 Å². The van der Waals surface area contributed by atoms with Gasteiger partial charge in [-0.2, -0.15) is 0 Å². The molecule has 4 nitrogen and oxygen atoms in total. The van der Waals surface area contributed by atoms with E-state index in [1.54, 1.807) is 6.20 Å². The van der Waals surface area contributed by atoms with E-state index in [4.69, 9.17) is 4.74 Å². The van der Waals surface area contributed by atoms with Gasteiger partial charge in [0.05, 0.1) is 12.6 Å². The standard InChI is InChI=1S/C11H14N2O2/c1-2-10(14)13-8-5-7-15-9-4-3-6-12-11(8)9/h3-4,6,8H,2,5,7H2,1H3,(H,13,14). The Bertz CT molecular complexity index is 365. The second-order valence-electron chi connectivity index (χ2n) is 3.50. The molecule has 1 N–H and O–H groups in total. The van der Waals surface area contributed by atoms with E-state index in [1.807, 2.05) is 19.1 Å². The normalized spacial score (nSPS) is 18.9. The molecule has 1 atom stereocenters. The molecule has 1 unspecified atom stereocenters. The molecule has 0 spiro atoms. The molecule has 0 aliphatic carbocycles. The van der Waals surface area contributed by atoms with Crippen LogP contribution in [-0.2, 0) is 4.79 Å². The summed E-state index contributed by atoms with van der Waals surface area (Å²) < 4.78 is 5.46. The van der Waals surface area contributed by atoms with E-state index in [2.05, 4.69) is 10.3 Å². The Hall–Kier alpha value is -1.58. The molecular weight excluding hydrogens is 192 g/mol. The third kappa shape index (κ3) is 2.09. The summed E-state index contributed by atoms with van der Waals surface area (Å²) in [6, 6.07) is 3.72. The van der Waals surface area contributed by atoms with Gasteiger partial charge in [-0.3, -0.25) is 9.78 Å². The summed E-state index contributed by atoms with van der Waals surface area (Å²) in [6.07, 6.45) is 3.01. The molecule has 1 aromatic rings. The SMILES string of the molecule is CCC(=O)NC1CCOc2cccnc21. The molecule has 1 amide bonds. The van der Waals surface area contributed by atoms with Gasteiger partial charge in [-0.05, 0) is 12.1 Å². The number of hydrogen-bond donors (Lipinski definition) is 1. The van der Waals surface area contributed by atoms with E-state index in [0.717, 1.165) is 17.9 Å². The Morgan fingerprint density at radius 2 is 2.60 bits per heavy atom. The minimum atomic E-state index is 0.00222. The monoisotopic (exact) mass is 206 g/mol. The molecule has 0 saturated heterocycles. The van der Waals surface area contributed by atoms with E-state index in [9.17, 15) is 4.79 Å². The summed E-state index contributed by atoms with van der Waals surface area (Å²) in [5.41, 5.74) is 0.838. The molecule has 1 aliphatic rings. The van der Waals surface area contributed by atoms with Crippen molar-refractivity contribution in [1.29, 1.82) is 0 Å². The molecule has 4 heteroatoms. The largest absolute Gasteiger partial charge is 0.491 e. The minimum absolute atomic E-state index is 0.00222. The van der Waals surface area contributed by atoms with E-state index in [0.29, 0.717) is 13.0 Å². The van der Waals surface area contributed by atoms with Crippen molar-refractivity contribution in [2.45, 2.75) is 25.8 Å². The highest BCUT2D eigenvalue weighted by atomic mass is 16.5. The Kier molecular flexibility index (Phi) is 2.85. The van der Waals surface area contributed by atoms with Crippen LogP contribution in [-0.4, -0.2) is 17.5 Å². The van der Waals surface area contributed by atoms with Crippen molar-refractivity contribution in [2.75, 3.05) is 6.61 Å². The molecule has 2 heterocycles. The van der Waals surface area contributed by atoms with Crippen LogP contribution in [0.5, 0.6) is 5.75 Å². The number of carbonyl (C=O) groups excluding carboxylic acids is 1. The van der Waals surface area contributed by atoms with E-state index in [1.165, 1.54) is 0 Å². The number of nitrogens with zero attached hydrogens (tertiary/aromatic N) is 1. The van der Waals surface area contributed by atoms with Gasteiger partial charge in [-0.15, -0.1) is 0 Å². The van der Waals surface area contributed by atoms with Crippen molar-refractivity contribution < 1.29 is 9.53 Å². The Balaban J connectivity index is 2.18. The number of nitrogens with one attached hydrogen (secondary N) is 1. The molecule has 0 radical (unpaired) electrons. The molecule has 1 aliphatic heterocycles. The average molecular weight is 206 g/mol. The van der Waals surface area contributed by atoms with Crippen molar-refractivity contribution in [3.8, 4) is 5.75 Å². The molecule has 2 rings (SSSR count). The zero-order valence-electron chi connectivity index (χ0n) is 8.69. The van der Waals surface area contributed by atoms with E-state index >= 15 is 0 Å². The zero-order valence-corrected chi connectivity index (χ0v) is 8.69. The molecule has 0 fully saturated rings. The van der Waals surface area contributed by atoms with Gasteiger partial charge in [0, 0.05) is 19.0 Å². The molecule has 80 valence electrons. The highest BCUT2D eigenvalue weighted by Crippen LogP contribution is 2.29. The first-order valence-corrected chi connectivity index (χ1v) is 5.18. The maximum Gasteiger partial charge on any atom is 0.220 e. The molecule has 0 saturated carbocycles. The quantitative estimate of drug-likeness (QED) is 0.796. The third-order valence-corrected chi connectivity index (χ3v) is 2.45. The van der Waals surface area contributed by atoms with Gasteiger partial charge in [-0.1, -0.05) is 6.92 Å². The lowest BCUT2D eigenvalue weighted by molar-refractivity contribution is -0.121. The van der Waals surface area contributed by atoms with Crippen LogP contribution in [0.3, 0.4) is 0 Å². The summed E-state index contributed by atoms with van der Waals surface area (Å²) in [5, 5.41) is 2.94. The number of hydrogen-bond acceptors (Lipinski definition) is 3. The lowest BCUT2D eigenvalue weighted by Crippen LogP contribution is -2.32. The lowest BCUT2D eigenvalue weighted by Gasteiger charge is -2.25. The van der Waals surface area contributed by atoms with Crippen LogP contribution in [0, 0.1) is 0 Å². The van der Waals surface area contributed by atoms with E-state index in [-0.39, 0.29) is 11.9 Å². The molecule has 15 heavy (non-hydrogen) atoms. The zero-order chi connectivity index (χ0) is 10.7. The number of ether oxygens (including phenoxy) is 1. The molecule has 0 bridgehead atoms. The van der Waals surface area contributed by atoms with Crippen molar-refractivity contribution in [3.63, 3.8) is 0 Å². The number of aromatic nitrogens is 1. The fraction of sp³-hybridized carbons (Fsp3) is 0.455. The van der Waals surface area contributed by atoms with Crippen LogP contribution in [0.15, 0.2) is 18.3 Å². The van der Waals surface area contributed by atoms with Gasteiger partial charge in [0.25, 0.3) is 0 Å². The van der Waals surface area contributed by atoms with Gasteiger partial charge in [0.2, 0.25) is 5.91 Å². The lowest BCUT2D eigenvalue weighted by atomic mass is 10.1. The molecule has 1 aromatic heterocycles. The highest BCUT2D eigenvalue weighted by Gasteiger charge is 2.23. The summed E-state index contributed by atoms with van der Waals surface area (Å²) in [6.45, 7) is 2.47. The highest BCUT2D eigenvalue weighted by molar-refractivity contribution is 5.76. The van der Waals surface area contributed by atoms with Crippen LogP contribution in [0.4, 0.5) is 0 Å². The number of fused-ring (bicyclic) bond motifs is 1. The Morgan fingerprint density at radius 3 is 3.40 bits per heavy atom. The summed E-state index contributed by atoms with van der Waals surface area (Å²) in [5.74, 6) is 0.837. The van der Waals surface area contributed by atoms with Crippen molar-refractivity contribution in [2.24, 2.45) is 0 Å². The summed E-state index contributed by atoms with van der Waals surface area (Å²) >= 11 is 0. The van der Waals surface area contributed by atoms with Crippen LogP contribution >= 0.6 is 0 Å². The predicted octanol–water partition coefficient (Wildman–Crippen LogP) is 1.43. The van der Waals surface area contributed by atoms with Gasteiger partial charge in [0.15, 0.2) is 0 Å². The van der Waals surface area contributed by atoms with Crippen LogP contribution in [0.2, 0.25) is 0 Å². The Morgan fingerprint density at radius 1 is 1.73 bits per heavy atom. The maximum absolute atomic E-state index is 11.3. The van der Waals surface area contributed by atoms with Gasteiger partial charge >= 0.3 is 0 Å². The fourth-order valence-electron chi connectivity index (χ4n) is 1.65. The van der Waals surface area contributed by atoms with E-state index < -0.39 is 0 Å². The van der Waals surface area contributed by atoms with Crippen molar-refractivity contribution in [3.05, 3.63) is 24.0 Å². The second kappa shape index (κ2) is 4.29.